The van der Waals surface area contributed by atoms with Crippen molar-refractivity contribution < 1.29 is 18.3 Å². The third-order valence-electron chi connectivity index (χ3n) is 4.77. The van der Waals surface area contributed by atoms with Crippen LogP contribution in [-0.2, 0) is 17.1 Å². The highest BCUT2D eigenvalue weighted by Crippen LogP contribution is 2.25. The highest BCUT2D eigenvalue weighted by atomic mass is 32.2. The first-order valence-electron chi connectivity index (χ1n) is 8.08. The fraction of sp³-hybridized carbons (Fsp3) is 0.412. The number of piperidine rings is 1. The number of aromatic carboxylic acids is 1. The number of rotatable bonds is 3. The molecule has 1 N–H and O–H groups in total. The fourth-order valence-corrected chi connectivity index (χ4v) is 4.66. The van der Waals surface area contributed by atoms with Crippen LogP contribution in [0.3, 0.4) is 0 Å². The van der Waals surface area contributed by atoms with Crippen LogP contribution in [-0.4, -0.2) is 41.5 Å². The molecule has 134 valence electrons. The molecule has 0 bridgehead atoms. The number of sulfonamides is 1. The smallest absolute Gasteiger partial charge is 0.341 e. The molecule has 0 saturated carbocycles. The van der Waals surface area contributed by atoms with Crippen molar-refractivity contribution in [3.8, 4) is 0 Å². The van der Waals surface area contributed by atoms with Crippen molar-refractivity contribution in [1.29, 1.82) is 0 Å². The van der Waals surface area contributed by atoms with Gasteiger partial charge in [-0.05, 0) is 37.0 Å². The Kier molecular flexibility index (Phi) is 4.42. The van der Waals surface area contributed by atoms with E-state index in [9.17, 15) is 18.0 Å². The van der Waals surface area contributed by atoms with Gasteiger partial charge >= 0.3 is 5.97 Å². The zero-order valence-corrected chi connectivity index (χ0v) is 14.9. The van der Waals surface area contributed by atoms with Gasteiger partial charge in [0.25, 0.3) is 0 Å². The van der Waals surface area contributed by atoms with Gasteiger partial charge in [-0.3, -0.25) is 4.79 Å². The minimum Gasteiger partial charge on any atom is -0.477 e. The van der Waals surface area contributed by atoms with Crippen LogP contribution >= 0.6 is 0 Å². The Morgan fingerprint density at radius 3 is 2.48 bits per heavy atom. The van der Waals surface area contributed by atoms with Crippen molar-refractivity contribution >= 4 is 26.9 Å². The molecule has 0 spiro atoms. The normalized spacial score (nSPS) is 17.0. The SMILES string of the molecule is CC1CCN(S(=O)(=O)c2ccc3c(c2)c(=O)c(C(=O)O)cn3C)CC1. The van der Waals surface area contributed by atoms with Gasteiger partial charge in [-0.25, -0.2) is 13.2 Å². The second kappa shape index (κ2) is 6.27. The Labute approximate surface area is 145 Å². The summed E-state index contributed by atoms with van der Waals surface area (Å²) in [5.74, 6) is -0.839. The quantitative estimate of drug-likeness (QED) is 0.893. The molecule has 1 aliphatic heterocycles. The molecule has 7 nitrogen and oxygen atoms in total. The lowest BCUT2D eigenvalue weighted by Gasteiger charge is -2.29. The minimum absolute atomic E-state index is 0.0224. The summed E-state index contributed by atoms with van der Waals surface area (Å²) in [4.78, 5) is 23.7. The summed E-state index contributed by atoms with van der Waals surface area (Å²) in [6, 6.07) is 4.30. The Bertz CT molecular complexity index is 1000. The maximum atomic E-state index is 12.9. The second-order valence-electron chi connectivity index (χ2n) is 6.55. The number of carbonyl (C=O) groups is 1. The number of aryl methyl sites for hydroxylation is 1. The summed E-state index contributed by atoms with van der Waals surface area (Å²) in [7, 11) is -2.08. The van der Waals surface area contributed by atoms with Crippen LogP contribution in [0.4, 0.5) is 0 Å². The average Bonchev–Trinajstić information content (AvgIpc) is 2.57. The van der Waals surface area contributed by atoms with Gasteiger partial charge in [0.2, 0.25) is 15.5 Å². The highest BCUT2D eigenvalue weighted by molar-refractivity contribution is 7.89. The molecule has 1 aromatic heterocycles. The van der Waals surface area contributed by atoms with E-state index in [1.165, 1.54) is 27.2 Å². The van der Waals surface area contributed by atoms with Crippen molar-refractivity contribution in [3.05, 3.63) is 40.2 Å². The van der Waals surface area contributed by atoms with Gasteiger partial charge in [0.05, 0.1) is 10.4 Å². The lowest BCUT2D eigenvalue weighted by molar-refractivity contribution is 0.0695. The molecule has 0 amide bonds. The Hall–Kier alpha value is -2.19. The molecule has 0 atom stereocenters. The number of fused-ring (bicyclic) bond motifs is 1. The fourth-order valence-electron chi connectivity index (χ4n) is 3.16. The molecule has 1 fully saturated rings. The number of nitrogens with zero attached hydrogens (tertiary/aromatic N) is 2. The highest BCUT2D eigenvalue weighted by Gasteiger charge is 2.28. The molecule has 1 aromatic carbocycles. The van der Waals surface area contributed by atoms with E-state index >= 15 is 0 Å². The third-order valence-corrected chi connectivity index (χ3v) is 6.67. The number of hydrogen-bond donors (Lipinski definition) is 1. The van der Waals surface area contributed by atoms with Gasteiger partial charge in [0.15, 0.2) is 0 Å². The predicted octanol–water partition coefficient (Wildman–Crippen LogP) is 1.66. The summed E-state index contributed by atoms with van der Waals surface area (Å²) >= 11 is 0. The average molecular weight is 364 g/mol. The van der Waals surface area contributed by atoms with Gasteiger partial charge in [0, 0.05) is 31.7 Å². The standard InChI is InChI=1S/C17H20N2O5S/c1-11-5-7-19(8-6-11)25(23,24)12-3-4-15-13(9-12)16(20)14(17(21)22)10-18(15)2/h3-4,9-11H,5-8H2,1-2H3,(H,21,22). The number of carboxylic acid groups (broad SMARTS) is 1. The van der Waals surface area contributed by atoms with Gasteiger partial charge in [0.1, 0.15) is 5.56 Å². The maximum Gasteiger partial charge on any atom is 0.341 e. The third kappa shape index (κ3) is 3.07. The lowest BCUT2D eigenvalue weighted by atomic mass is 10.0. The van der Waals surface area contributed by atoms with Crippen molar-refractivity contribution in [3.63, 3.8) is 0 Å². The van der Waals surface area contributed by atoms with Gasteiger partial charge in [-0.2, -0.15) is 4.31 Å². The van der Waals surface area contributed by atoms with E-state index in [0.717, 1.165) is 12.8 Å². The van der Waals surface area contributed by atoms with Crippen molar-refractivity contribution in [2.24, 2.45) is 13.0 Å². The Balaban J connectivity index is 2.13. The molecule has 0 radical (unpaired) electrons. The zero-order chi connectivity index (χ0) is 18.4. The number of aromatic nitrogens is 1. The minimum atomic E-state index is -3.70. The van der Waals surface area contributed by atoms with E-state index in [1.54, 1.807) is 13.1 Å². The summed E-state index contributed by atoms with van der Waals surface area (Å²) < 4.78 is 28.7. The lowest BCUT2D eigenvalue weighted by Crippen LogP contribution is -2.37. The van der Waals surface area contributed by atoms with Crippen LogP contribution in [0, 0.1) is 5.92 Å². The van der Waals surface area contributed by atoms with Crippen molar-refractivity contribution in [2.75, 3.05) is 13.1 Å². The van der Waals surface area contributed by atoms with Crippen LogP contribution in [0.5, 0.6) is 0 Å². The summed E-state index contributed by atoms with van der Waals surface area (Å²) in [6.45, 7) is 3.00. The zero-order valence-electron chi connectivity index (χ0n) is 14.1. The first kappa shape index (κ1) is 17.6. The van der Waals surface area contributed by atoms with E-state index in [4.69, 9.17) is 5.11 Å². The largest absolute Gasteiger partial charge is 0.477 e. The van der Waals surface area contributed by atoms with Crippen LogP contribution < -0.4 is 5.43 Å². The topological polar surface area (TPSA) is 96.7 Å². The monoisotopic (exact) mass is 364 g/mol. The summed E-state index contributed by atoms with van der Waals surface area (Å²) in [6.07, 6.45) is 2.85. The molecular formula is C17H20N2O5S. The molecular weight excluding hydrogens is 344 g/mol. The first-order valence-corrected chi connectivity index (χ1v) is 9.52. The summed E-state index contributed by atoms with van der Waals surface area (Å²) in [5.41, 5.74) is -0.567. The van der Waals surface area contributed by atoms with Crippen LogP contribution in [0.2, 0.25) is 0 Å². The molecule has 3 rings (SSSR count). The first-order chi connectivity index (χ1) is 11.7. The van der Waals surface area contributed by atoms with E-state index in [0.29, 0.717) is 24.5 Å². The second-order valence-corrected chi connectivity index (χ2v) is 8.49. The molecule has 0 aliphatic carbocycles. The van der Waals surface area contributed by atoms with E-state index in [1.807, 2.05) is 0 Å². The molecule has 1 aliphatic rings. The number of hydrogen-bond acceptors (Lipinski definition) is 4. The molecule has 2 heterocycles. The van der Waals surface area contributed by atoms with Gasteiger partial charge < -0.3 is 9.67 Å². The summed E-state index contributed by atoms with van der Waals surface area (Å²) in [5, 5.41) is 9.26. The number of carboxylic acids is 1. The number of benzene rings is 1. The number of pyridine rings is 1. The van der Waals surface area contributed by atoms with E-state index < -0.39 is 21.4 Å². The van der Waals surface area contributed by atoms with Gasteiger partial charge in [-0.15, -0.1) is 0 Å². The molecule has 0 unspecified atom stereocenters. The molecule has 2 aromatic rings. The Morgan fingerprint density at radius 1 is 1.24 bits per heavy atom. The molecule has 8 heteroatoms. The predicted molar refractivity (Wildman–Crippen MR) is 93.3 cm³/mol. The van der Waals surface area contributed by atoms with Crippen LogP contribution in [0.1, 0.15) is 30.1 Å². The Morgan fingerprint density at radius 2 is 1.88 bits per heavy atom. The van der Waals surface area contributed by atoms with Crippen molar-refractivity contribution in [1.82, 2.24) is 8.87 Å². The van der Waals surface area contributed by atoms with Gasteiger partial charge in [-0.1, -0.05) is 6.92 Å². The van der Waals surface area contributed by atoms with E-state index in [2.05, 4.69) is 6.92 Å². The van der Waals surface area contributed by atoms with Crippen LogP contribution in [0.15, 0.2) is 34.1 Å². The molecule has 1 saturated heterocycles. The maximum absolute atomic E-state index is 12.9. The van der Waals surface area contributed by atoms with Crippen molar-refractivity contribution in [2.45, 2.75) is 24.7 Å². The van der Waals surface area contributed by atoms with E-state index in [-0.39, 0.29) is 15.8 Å². The van der Waals surface area contributed by atoms with Crippen LogP contribution in [0.25, 0.3) is 10.9 Å². The molecule has 25 heavy (non-hydrogen) atoms.